The third kappa shape index (κ3) is 4.80. The van der Waals surface area contributed by atoms with Crippen molar-refractivity contribution in [3.63, 3.8) is 0 Å². The highest BCUT2D eigenvalue weighted by molar-refractivity contribution is 7.20. The lowest BCUT2D eigenvalue weighted by Gasteiger charge is -2.39. The third-order valence-electron chi connectivity index (χ3n) is 4.34. The number of hydrogen-bond acceptors (Lipinski definition) is 6. The van der Waals surface area contributed by atoms with Crippen LogP contribution in [0, 0.1) is 12.8 Å². The average Bonchev–Trinajstić information content (AvgIpc) is 2.87. The maximum Gasteiger partial charge on any atom is 0.433 e. The Labute approximate surface area is 169 Å². The highest BCUT2D eigenvalue weighted by atomic mass is 32.1. The van der Waals surface area contributed by atoms with E-state index in [2.05, 4.69) is 4.98 Å². The Kier molecular flexibility index (Phi) is 5.50. The molecule has 1 aliphatic rings. The molecule has 0 aromatic carbocycles. The molecule has 1 saturated heterocycles. The van der Waals surface area contributed by atoms with E-state index in [1.54, 1.807) is 27.7 Å². The molecule has 0 saturated carbocycles. The number of esters is 1. The van der Waals surface area contributed by atoms with Gasteiger partial charge in [-0.3, -0.25) is 0 Å². The smallest absolute Gasteiger partial charge is 0.433 e. The molecule has 0 radical (unpaired) electrons. The zero-order valence-corrected chi connectivity index (χ0v) is 17.2. The second kappa shape index (κ2) is 7.47. The van der Waals surface area contributed by atoms with Crippen molar-refractivity contribution in [2.24, 2.45) is 5.92 Å². The van der Waals surface area contributed by atoms with Crippen LogP contribution in [0.5, 0.6) is 0 Å². The predicted octanol–water partition coefficient (Wildman–Crippen LogP) is 4.65. The van der Waals surface area contributed by atoms with Crippen molar-refractivity contribution < 1.29 is 32.2 Å². The Morgan fingerprint density at radius 1 is 1.24 bits per heavy atom. The normalized spacial score (nSPS) is 15.3. The second-order valence-electron chi connectivity index (χ2n) is 7.95. The molecular formula is C19H21F3N2O4S. The molecule has 0 bridgehead atoms. The van der Waals surface area contributed by atoms with E-state index in [1.165, 1.54) is 11.0 Å². The summed E-state index contributed by atoms with van der Waals surface area (Å²) in [5, 5.41) is 0.495. The number of likely N-dealkylation sites (tertiary alicyclic amines) is 1. The Hall–Kier alpha value is -2.36. The quantitative estimate of drug-likeness (QED) is 0.664. The van der Waals surface area contributed by atoms with Gasteiger partial charge in [0, 0.05) is 24.4 Å². The maximum absolute atomic E-state index is 12.8. The molecule has 1 amide bonds. The monoisotopic (exact) mass is 430 g/mol. The minimum atomic E-state index is -4.54. The maximum atomic E-state index is 12.8. The van der Waals surface area contributed by atoms with Gasteiger partial charge in [0.05, 0.1) is 6.61 Å². The first-order valence-electron chi connectivity index (χ1n) is 8.97. The lowest BCUT2D eigenvalue weighted by Crippen LogP contribution is -2.53. The van der Waals surface area contributed by atoms with Crippen molar-refractivity contribution in [1.29, 1.82) is 0 Å². The van der Waals surface area contributed by atoms with Crippen LogP contribution in [0.3, 0.4) is 0 Å². The van der Waals surface area contributed by atoms with Crippen LogP contribution in [-0.4, -0.2) is 47.2 Å². The fourth-order valence-corrected chi connectivity index (χ4v) is 3.94. The molecular weight excluding hydrogens is 409 g/mol. The highest BCUT2D eigenvalue weighted by Gasteiger charge is 2.35. The number of aromatic nitrogens is 1. The van der Waals surface area contributed by atoms with Crippen molar-refractivity contribution >= 4 is 33.6 Å². The van der Waals surface area contributed by atoms with E-state index in [0.29, 0.717) is 24.0 Å². The van der Waals surface area contributed by atoms with Crippen LogP contribution >= 0.6 is 11.3 Å². The van der Waals surface area contributed by atoms with Gasteiger partial charge in [0.1, 0.15) is 21.0 Å². The minimum Gasteiger partial charge on any atom is -0.461 e. The average molecular weight is 430 g/mol. The van der Waals surface area contributed by atoms with Gasteiger partial charge < -0.3 is 14.4 Å². The molecule has 0 aliphatic carbocycles. The summed E-state index contributed by atoms with van der Waals surface area (Å²) in [4.78, 5) is 29.8. The summed E-state index contributed by atoms with van der Waals surface area (Å²) in [6.07, 6.45) is -4.95. The van der Waals surface area contributed by atoms with Gasteiger partial charge in [0.2, 0.25) is 0 Å². The van der Waals surface area contributed by atoms with E-state index in [4.69, 9.17) is 9.47 Å². The van der Waals surface area contributed by atoms with Gasteiger partial charge in [-0.05, 0) is 45.4 Å². The number of ether oxygens (including phenoxy) is 2. The number of hydrogen-bond donors (Lipinski definition) is 0. The Balaban J connectivity index is 1.59. The number of rotatable bonds is 3. The zero-order chi connectivity index (χ0) is 21.6. The Bertz CT molecular complexity index is 943. The minimum absolute atomic E-state index is 0.00360. The topological polar surface area (TPSA) is 68.7 Å². The van der Waals surface area contributed by atoms with Crippen LogP contribution in [0.25, 0.3) is 10.2 Å². The van der Waals surface area contributed by atoms with Crippen LogP contribution in [-0.2, 0) is 15.7 Å². The molecule has 3 rings (SSSR count). The van der Waals surface area contributed by atoms with E-state index < -0.39 is 29.5 Å². The first-order chi connectivity index (χ1) is 13.3. The summed E-state index contributed by atoms with van der Waals surface area (Å²) in [7, 11) is 0. The lowest BCUT2D eigenvalue weighted by atomic mass is 10.0. The van der Waals surface area contributed by atoms with Crippen LogP contribution in [0.2, 0.25) is 0 Å². The first-order valence-corrected chi connectivity index (χ1v) is 9.79. The largest absolute Gasteiger partial charge is 0.461 e. The molecule has 0 N–H and O–H groups in total. The lowest BCUT2D eigenvalue weighted by molar-refractivity contribution is -0.140. The Morgan fingerprint density at radius 2 is 1.90 bits per heavy atom. The fraction of sp³-hybridized carbons (Fsp3) is 0.526. The summed E-state index contributed by atoms with van der Waals surface area (Å²) in [5.41, 5.74) is -1.03. The van der Waals surface area contributed by atoms with E-state index in [0.717, 1.165) is 17.4 Å². The zero-order valence-electron chi connectivity index (χ0n) is 16.4. The number of alkyl halides is 3. The summed E-state index contributed by atoms with van der Waals surface area (Å²) in [6.45, 7) is 7.95. The van der Waals surface area contributed by atoms with Gasteiger partial charge >= 0.3 is 18.2 Å². The van der Waals surface area contributed by atoms with E-state index in [-0.39, 0.29) is 22.2 Å². The number of fused-ring (bicyclic) bond motifs is 1. The number of carbonyl (C=O) groups is 2. The molecule has 0 atom stereocenters. The molecule has 2 aromatic rings. The van der Waals surface area contributed by atoms with E-state index in [9.17, 15) is 22.8 Å². The molecule has 2 aromatic heterocycles. The van der Waals surface area contributed by atoms with Crippen LogP contribution in [0.1, 0.15) is 41.7 Å². The third-order valence-corrected chi connectivity index (χ3v) is 5.52. The molecule has 158 valence electrons. The standard InChI is InChI=1S/C19H21F3N2O4S/c1-10-12-5-6-13(19(20,21)22)23-15(12)29-14(10)16(25)27-9-11-7-24(8-11)17(26)28-18(2,3)4/h5-6,11H,7-9H2,1-4H3. The molecule has 29 heavy (non-hydrogen) atoms. The summed E-state index contributed by atoms with van der Waals surface area (Å²) in [6, 6.07) is 2.22. The number of halogens is 3. The van der Waals surface area contributed by atoms with Crippen molar-refractivity contribution in [2.75, 3.05) is 19.7 Å². The number of thiophene rings is 1. The molecule has 0 spiro atoms. The van der Waals surface area contributed by atoms with Gasteiger partial charge in [0.15, 0.2) is 0 Å². The van der Waals surface area contributed by atoms with Crippen molar-refractivity contribution in [3.05, 3.63) is 28.3 Å². The van der Waals surface area contributed by atoms with E-state index in [1.807, 2.05) is 0 Å². The number of amides is 1. The Morgan fingerprint density at radius 3 is 2.48 bits per heavy atom. The van der Waals surface area contributed by atoms with E-state index >= 15 is 0 Å². The van der Waals surface area contributed by atoms with Crippen LogP contribution in [0.4, 0.5) is 18.0 Å². The molecule has 6 nitrogen and oxygen atoms in total. The number of carbonyl (C=O) groups excluding carboxylic acids is 2. The number of aryl methyl sites for hydroxylation is 1. The van der Waals surface area contributed by atoms with Gasteiger partial charge in [-0.25, -0.2) is 14.6 Å². The highest BCUT2D eigenvalue weighted by Crippen LogP contribution is 2.34. The van der Waals surface area contributed by atoms with Gasteiger partial charge in [-0.2, -0.15) is 13.2 Å². The van der Waals surface area contributed by atoms with Gasteiger partial charge in [-0.1, -0.05) is 0 Å². The van der Waals surface area contributed by atoms with Crippen LogP contribution < -0.4 is 0 Å². The fourth-order valence-electron chi connectivity index (χ4n) is 2.86. The summed E-state index contributed by atoms with van der Waals surface area (Å²) < 4.78 is 49.1. The second-order valence-corrected chi connectivity index (χ2v) is 8.95. The molecule has 1 aliphatic heterocycles. The van der Waals surface area contributed by atoms with Crippen LogP contribution in [0.15, 0.2) is 12.1 Å². The molecule has 0 unspecified atom stereocenters. The molecule has 1 fully saturated rings. The van der Waals surface area contributed by atoms with Gasteiger partial charge in [-0.15, -0.1) is 11.3 Å². The SMILES string of the molecule is Cc1c(C(=O)OCC2CN(C(=O)OC(C)(C)C)C2)sc2nc(C(F)(F)F)ccc12. The molecule has 3 heterocycles. The summed E-state index contributed by atoms with van der Waals surface area (Å²) >= 11 is 0.881. The first kappa shape index (κ1) is 21.4. The van der Waals surface area contributed by atoms with Crippen molar-refractivity contribution in [3.8, 4) is 0 Å². The molecule has 10 heteroatoms. The number of nitrogens with zero attached hydrogens (tertiary/aromatic N) is 2. The predicted molar refractivity (Wildman–Crippen MR) is 101 cm³/mol. The van der Waals surface area contributed by atoms with Gasteiger partial charge in [0.25, 0.3) is 0 Å². The van der Waals surface area contributed by atoms with Crippen molar-refractivity contribution in [1.82, 2.24) is 9.88 Å². The number of pyridine rings is 1. The van der Waals surface area contributed by atoms with Crippen molar-refractivity contribution in [2.45, 2.75) is 39.5 Å². The summed E-state index contributed by atoms with van der Waals surface area (Å²) in [5.74, 6) is -0.606.